The van der Waals surface area contributed by atoms with E-state index >= 15 is 0 Å². The second-order valence-corrected chi connectivity index (χ2v) is 4.59. The lowest BCUT2D eigenvalue weighted by Gasteiger charge is -2.06. The van der Waals surface area contributed by atoms with Gasteiger partial charge in [0, 0.05) is 17.8 Å². The van der Waals surface area contributed by atoms with E-state index in [9.17, 15) is 13.6 Å². The maximum Gasteiger partial charge on any atom is 0.273 e. The molecule has 96 valence electrons. The van der Waals surface area contributed by atoms with Crippen LogP contribution >= 0.6 is 11.3 Å². The number of halogens is 2. The number of nitrogens with zero attached hydrogens (tertiary/aromatic N) is 2. The number of carbonyl (C=O) groups is 1. The molecule has 0 atom stereocenters. The van der Waals surface area contributed by atoms with Crippen LogP contribution < -0.4 is 5.32 Å². The monoisotopic (exact) mass is 279 g/mol. The molecule has 0 bridgehead atoms. The van der Waals surface area contributed by atoms with Gasteiger partial charge in [0.15, 0.2) is 4.96 Å². The SMILES string of the molecule is O=C(Nc1c(F)cccc1F)c1csc2nccn12. The van der Waals surface area contributed by atoms with Crippen LogP contribution in [0.25, 0.3) is 4.96 Å². The van der Waals surface area contributed by atoms with E-state index in [2.05, 4.69) is 10.3 Å². The maximum atomic E-state index is 13.4. The molecule has 0 unspecified atom stereocenters. The Bertz CT molecular complexity index is 745. The Balaban J connectivity index is 1.96. The molecule has 0 aliphatic heterocycles. The number of nitrogens with one attached hydrogen (secondary N) is 1. The minimum Gasteiger partial charge on any atom is -0.316 e. The van der Waals surface area contributed by atoms with Crippen molar-refractivity contribution >= 4 is 27.9 Å². The molecule has 2 heterocycles. The van der Waals surface area contributed by atoms with Crippen molar-refractivity contribution in [2.24, 2.45) is 0 Å². The molecule has 1 amide bonds. The van der Waals surface area contributed by atoms with Crippen molar-refractivity contribution in [3.05, 3.63) is 53.3 Å². The summed E-state index contributed by atoms with van der Waals surface area (Å²) >= 11 is 1.27. The number of thiazole rings is 1. The summed E-state index contributed by atoms with van der Waals surface area (Å²) in [4.78, 5) is 16.7. The molecule has 1 N–H and O–H groups in total. The molecule has 3 aromatic rings. The van der Waals surface area contributed by atoms with Gasteiger partial charge in [0.1, 0.15) is 23.0 Å². The number of carbonyl (C=O) groups excluding carboxylic acids is 1. The van der Waals surface area contributed by atoms with Crippen molar-refractivity contribution in [3.63, 3.8) is 0 Å². The molecule has 0 radical (unpaired) electrons. The van der Waals surface area contributed by atoms with Crippen molar-refractivity contribution in [2.45, 2.75) is 0 Å². The summed E-state index contributed by atoms with van der Waals surface area (Å²) in [6.07, 6.45) is 3.16. The number of fused-ring (bicyclic) bond motifs is 1. The number of rotatable bonds is 2. The van der Waals surface area contributed by atoms with Gasteiger partial charge in [0.2, 0.25) is 0 Å². The smallest absolute Gasteiger partial charge is 0.273 e. The summed E-state index contributed by atoms with van der Waals surface area (Å²) in [6, 6.07) is 3.40. The quantitative estimate of drug-likeness (QED) is 0.784. The molecular weight excluding hydrogens is 272 g/mol. The third-order valence-electron chi connectivity index (χ3n) is 2.58. The lowest BCUT2D eigenvalue weighted by atomic mass is 10.3. The van der Waals surface area contributed by atoms with E-state index < -0.39 is 23.2 Å². The topological polar surface area (TPSA) is 46.4 Å². The van der Waals surface area contributed by atoms with Crippen LogP contribution in [0.1, 0.15) is 10.5 Å². The Morgan fingerprint density at radius 1 is 1.32 bits per heavy atom. The summed E-state index contributed by atoms with van der Waals surface area (Å²) in [7, 11) is 0. The maximum absolute atomic E-state index is 13.4. The van der Waals surface area contributed by atoms with Crippen molar-refractivity contribution in [1.82, 2.24) is 9.38 Å². The molecule has 0 saturated carbocycles. The van der Waals surface area contributed by atoms with Crippen LogP contribution in [0.5, 0.6) is 0 Å². The fraction of sp³-hybridized carbons (Fsp3) is 0. The van der Waals surface area contributed by atoms with Gasteiger partial charge in [-0.1, -0.05) is 6.07 Å². The van der Waals surface area contributed by atoms with E-state index in [-0.39, 0.29) is 5.69 Å². The van der Waals surface area contributed by atoms with Crippen LogP contribution in [-0.4, -0.2) is 15.3 Å². The average Bonchev–Trinajstić information content (AvgIpc) is 2.95. The first-order valence-electron chi connectivity index (χ1n) is 5.33. The van der Waals surface area contributed by atoms with Gasteiger partial charge >= 0.3 is 0 Å². The minimum atomic E-state index is -0.814. The van der Waals surface area contributed by atoms with Crippen LogP contribution in [-0.2, 0) is 0 Å². The van der Waals surface area contributed by atoms with E-state index in [1.807, 2.05) is 0 Å². The van der Waals surface area contributed by atoms with Crippen LogP contribution in [0, 0.1) is 11.6 Å². The minimum absolute atomic E-state index is 0.278. The highest BCUT2D eigenvalue weighted by atomic mass is 32.1. The molecule has 2 aromatic heterocycles. The number of aromatic nitrogens is 2. The molecule has 19 heavy (non-hydrogen) atoms. The zero-order valence-corrected chi connectivity index (χ0v) is 10.2. The zero-order chi connectivity index (χ0) is 13.4. The van der Waals surface area contributed by atoms with Crippen LogP contribution in [0.3, 0.4) is 0 Å². The first-order chi connectivity index (χ1) is 9.16. The van der Waals surface area contributed by atoms with Crippen molar-refractivity contribution in [1.29, 1.82) is 0 Å². The van der Waals surface area contributed by atoms with Crippen molar-refractivity contribution in [2.75, 3.05) is 5.32 Å². The molecule has 0 aliphatic carbocycles. The fourth-order valence-corrected chi connectivity index (χ4v) is 2.52. The number of hydrogen-bond acceptors (Lipinski definition) is 3. The Hall–Kier alpha value is -2.28. The zero-order valence-electron chi connectivity index (χ0n) is 9.43. The second-order valence-electron chi connectivity index (χ2n) is 3.75. The Morgan fingerprint density at radius 3 is 2.79 bits per heavy atom. The lowest BCUT2D eigenvalue weighted by molar-refractivity contribution is 0.102. The van der Waals surface area contributed by atoms with Gasteiger partial charge in [-0.2, -0.15) is 0 Å². The van der Waals surface area contributed by atoms with E-state index in [1.54, 1.807) is 22.2 Å². The highest BCUT2D eigenvalue weighted by Gasteiger charge is 2.16. The number of imidazole rings is 1. The second kappa shape index (κ2) is 4.43. The molecule has 0 saturated heterocycles. The summed E-state index contributed by atoms with van der Waals surface area (Å²) < 4.78 is 28.4. The van der Waals surface area contributed by atoms with E-state index in [4.69, 9.17) is 0 Å². The summed E-state index contributed by atoms with van der Waals surface area (Å²) in [5.74, 6) is -2.22. The van der Waals surface area contributed by atoms with Gasteiger partial charge in [-0.15, -0.1) is 11.3 Å². The predicted molar refractivity (Wildman–Crippen MR) is 67.4 cm³/mol. The van der Waals surface area contributed by atoms with Crippen molar-refractivity contribution < 1.29 is 13.6 Å². The molecule has 1 aromatic carbocycles. The Labute approximate surface area is 110 Å². The van der Waals surface area contributed by atoms with E-state index in [1.165, 1.54) is 17.4 Å². The lowest BCUT2D eigenvalue weighted by Crippen LogP contribution is -2.15. The van der Waals surface area contributed by atoms with Gasteiger partial charge < -0.3 is 5.32 Å². The van der Waals surface area contributed by atoms with E-state index in [0.29, 0.717) is 4.96 Å². The largest absolute Gasteiger partial charge is 0.316 e. The number of hydrogen-bond donors (Lipinski definition) is 1. The van der Waals surface area contributed by atoms with Gasteiger partial charge in [-0.3, -0.25) is 9.20 Å². The molecule has 4 nitrogen and oxygen atoms in total. The first-order valence-corrected chi connectivity index (χ1v) is 6.20. The van der Waals surface area contributed by atoms with Gasteiger partial charge in [-0.25, -0.2) is 13.8 Å². The summed E-state index contributed by atoms with van der Waals surface area (Å²) in [6.45, 7) is 0. The van der Waals surface area contributed by atoms with Crippen LogP contribution in [0.15, 0.2) is 36.0 Å². The normalized spacial score (nSPS) is 10.8. The third kappa shape index (κ3) is 1.97. The molecule has 7 heteroatoms. The highest BCUT2D eigenvalue weighted by molar-refractivity contribution is 7.15. The summed E-state index contributed by atoms with van der Waals surface area (Å²) in [5.41, 5.74) is -0.174. The fourth-order valence-electron chi connectivity index (χ4n) is 1.68. The first kappa shape index (κ1) is 11.8. The molecule has 0 aliphatic rings. The van der Waals surface area contributed by atoms with Crippen LogP contribution in [0.4, 0.5) is 14.5 Å². The third-order valence-corrected chi connectivity index (χ3v) is 3.43. The average molecular weight is 279 g/mol. The molecule has 0 spiro atoms. The van der Waals surface area contributed by atoms with Gasteiger partial charge in [-0.05, 0) is 12.1 Å². The highest BCUT2D eigenvalue weighted by Crippen LogP contribution is 2.20. The van der Waals surface area contributed by atoms with Gasteiger partial charge in [0.05, 0.1) is 0 Å². The van der Waals surface area contributed by atoms with Crippen LogP contribution in [0.2, 0.25) is 0 Å². The molecule has 3 rings (SSSR count). The Morgan fingerprint density at radius 2 is 2.05 bits per heavy atom. The van der Waals surface area contributed by atoms with Crippen molar-refractivity contribution in [3.8, 4) is 0 Å². The molecular formula is C12H7F2N3OS. The standard InChI is InChI=1S/C12H7F2N3OS/c13-7-2-1-3-8(14)10(7)16-11(18)9-6-19-12-15-4-5-17(9)12/h1-6H,(H,16,18). The summed E-state index contributed by atoms with van der Waals surface area (Å²) in [5, 5.41) is 3.81. The van der Waals surface area contributed by atoms with Gasteiger partial charge in [0.25, 0.3) is 5.91 Å². The number of benzene rings is 1. The number of amides is 1. The molecule has 0 fully saturated rings. The van der Waals surface area contributed by atoms with E-state index in [0.717, 1.165) is 12.1 Å². The predicted octanol–water partition coefficient (Wildman–Crippen LogP) is 2.93. The Kier molecular flexibility index (Phi) is 2.75. The number of para-hydroxylation sites is 1. The number of anilines is 1.